The summed E-state index contributed by atoms with van der Waals surface area (Å²) in [5, 5.41) is 6.85. The van der Waals surface area contributed by atoms with Crippen LogP contribution in [0.3, 0.4) is 0 Å². The summed E-state index contributed by atoms with van der Waals surface area (Å²) in [6, 6.07) is 35.7. The van der Waals surface area contributed by atoms with E-state index in [4.69, 9.17) is 16.2 Å². The van der Waals surface area contributed by atoms with Crippen LogP contribution in [0, 0.1) is 32.9 Å². The molecule has 6 heteroatoms. The number of rotatable bonds is 5. The molecule has 0 atom stereocenters. The first kappa shape index (κ1) is 29.3. The molecule has 0 bridgehead atoms. The minimum atomic E-state index is -0.0329. The molecule has 0 fully saturated rings. The van der Waals surface area contributed by atoms with Crippen LogP contribution in [-0.2, 0) is 26.5 Å². The van der Waals surface area contributed by atoms with Crippen LogP contribution < -0.4 is 4.74 Å². The number of pyridine rings is 1. The number of ether oxygens (including phenoxy) is 1. The summed E-state index contributed by atoms with van der Waals surface area (Å²) in [7, 11) is 0. The van der Waals surface area contributed by atoms with Crippen LogP contribution in [0.4, 0.5) is 0 Å². The number of aromatic nitrogens is 4. The van der Waals surface area contributed by atoms with Gasteiger partial charge in [-0.15, -0.1) is 35.7 Å². The molecule has 0 spiro atoms. The maximum atomic E-state index is 8.29. The van der Waals surface area contributed by atoms with Crippen LogP contribution in [0.2, 0.25) is 0 Å². The Hall–Kier alpha value is -4.47. The van der Waals surface area contributed by atoms with Gasteiger partial charge in [-0.05, 0) is 59.7 Å². The fourth-order valence-corrected chi connectivity index (χ4v) is 5.97. The predicted molar refractivity (Wildman–Crippen MR) is 178 cm³/mol. The average Bonchev–Trinajstić information content (AvgIpc) is 3.49. The molecule has 4 aromatic carbocycles. The van der Waals surface area contributed by atoms with Crippen molar-refractivity contribution in [3.05, 3.63) is 132 Å². The fourth-order valence-electron chi connectivity index (χ4n) is 5.97. The van der Waals surface area contributed by atoms with Crippen molar-refractivity contribution < 1.29 is 27.2 Å². The van der Waals surface area contributed by atoms with E-state index in [0.717, 1.165) is 61.4 Å². The molecule has 0 aliphatic carbocycles. The van der Waals surface area contributed by atoms with Gasteiger partial charge in [0.15, 0.2) is 0 Å². The number of fused-ring (bicyclic) bond motifs is 3. The van der Waals surface area contributed by atoms with Gasteiger partial charge in [0.2, 0.25) is 0 Å². The Balaban J connectivity index is 0.00000372. The van der Waals surface area contributed by atoms with Gasteiger partial charge in [0.1, 0.15) is 5.82 Å². The monoisotopic (exact) mass is 770 g/mol. The average molecular weight is 771 g/mol. The second-order valence-corrected chi connectivity index (χ2v) is 12.3. The zero-order valence-corrected chi connectivity index (χ0v) is 28.4. The van der Waals surface area contributed by atoms with Gasteiger partial charge in [-0.25, -0.2) is 4.98 Å². The van der Waals surface area contributed by atoms with Gasteiger partial charge in [-0.2, -0.15) is 16.7 Å². The van der Waals surface area contributed by atoms with Gasteiger partial charge < -0.3 is 9.30 Å². The third-order valence-corrected chi connectivity index (χ3v) is 8.11. The Morgan fingerprint density at radius 2 is 1.62 bits per heavy atom. The maximum Gasteiger partial charge on any atom is 2.00 e. The molecular formula is C39H34N4OPt. The summed E-state index contributed by atoms with van der Waals surface area (Å²) in [4.78, 5) is 4.77. The van der Waals surface area contributed by atoms with Gasteiger partial charge in [-0.1, -0.05) is 81.7 Å². The molecule has 7 aromatic rings. The number of benzene rings is 4. The normalized spacial score (nSPS) is 11.9. The molecule has 0 saturated carbocycles. The van der Waals surface area contributed by atoms with Gasteiger partial charge in [0, 0.05) is 34.5 Å². The number of hydrogen-bond donors (Lipinski definition) is 0. The smallest absolute Gasteiger partial charge is 0.509 e. The second-order valence-electron chi connectivity index (χ2n) is 12.3. The molecule has 5 nitrogen and oxygen atoms in total. The molecule has 0 aliphatic rings. The Morgan fingerprint density at radius 1 is 0.822 bits per heavy atom. The third-order valence-electron chi connectivity index (χ3n) is 8.11. The van der Waals surface area contributed by atoms with Crippen molar-refractivity contribution in [2.75, 3.05) is 0 Å². The van der Waals surface area contributed by atoms with Crippen LogP contribution in [0.5, 0.6) is 11.5 Å². The molecule has 7 rings (SSSR count). The first-order valence-electron chi connectivity index (χ1n) is 15.3. The molecule has 3 aromatic heterocycles. The molecule has 0 N–H and O–H groups in total. The van der Waals surface area contributed by atoms with Crippen LogP contribution in [0.1, 0.15) is 44.7 Å². The van der Waals surface area contributed by atoms with E-state index in [1.54, 1.807) is 0 Å². The van der Waals surface area contributed by atoms with E-state index >= 15 is 0 Å². The number of hydrogen-bond acceptors (Lipinski definition) is 3. The summed E-state index contributed by atoms with van der Waals surface area (Å²) in [6.07, 6.45) is 1.86. The number of para-hydroxylation sites is 1. The maximum absolute atomic E-state index is 8.29. The van der Waals surface area contributed by atoms with E-state index in [9.17, 15) is 0 Å². The first-order valence-corrected chi connectivity index (χ1v) is 14.8. The van der Waals surface area contributed by atoms with Gasteiger partial charge in [0.25, 0.3) is 0 Å². The Morgan fingerprint density at radius 3 is 2.40 bits per heavy atom. The van der Waals surface area contributed by atoms with Crippen molar-refractivity contribution in [3.63, 3.8) is 0 Å². The molecule has 226 valence electrons. The summed E-state index contributed by atoms with van der Waals surface area (Å²) >= 11 is 0. The minimum absolute atomic E-state index is 0. The summed E-state index contributed by atoms with van der Waals surface area (Å²) in [5.41, 5.74) is 9.08. The van der Waals surface area contributed by atoms with Crippen molar-refractivity contribution in [1.29, 1.82) is 0 Å². The Kier molecular flexibility index (Phi) is 7.67. The fraction of sp³-hybridized carbons (Fsp3) is 0.179. The summed E-state index contributed by atoms with van der Waals surface area (Å²) in [6.45, 7) is 12.8. The second kappa shape index (κ2) is 11.8. The molecule has 45 heavy (non-hydrogen) atoms. The van der Waals surface area contributed by atoms with Crippen LogP contribution >= 0.6 is 0 Å². The zero-order chi connectivity index (χ0) is 31.5. The molecule has 0 amide bonds. The molecule has 0 saturated heterocycles. The van der Waals surface area contributed by atoms with Crippen molar-refractivity contribution in [3.8, 4) is 34.1 Å². The molecular weight excluding hydrogens is 736 g/mol. The van der Waals surface area contributed by atoms with E-state index in [1.165, 1.54) is 5.56 Å². The van der Waals surface area contributed by atoms with Crippen molar-refractivity contribution in [1.82, 2.24) is 19.3 Å². The van der Waals surface area contributed by atoms with E-state index in [2.05, 4.69) is 74.7 Å². The summed E-state index contributed by atoms with van der Waals surface area (Å²) in [5.74, 6) is 1.95. The topological polar surface area (TPSA) is 44.9 Å². The Labute approximate surface area is 280 Å². The number of aryl methyl sites for hydroxylation is 2. The SMILES string of the molecule is [2H]c1ccc2c(c1)c1ccc(Oc3[c-]c(-n4nc(C)c(-c5ccccc5)c4C)cc(C)c3)[c-]c1n2-c1cc(C(C)(C)C)ccn1.[Pt+2]. The summed E-state index contributed by atoms with van der Waals surface area (Å²) < 4.78 is 18.8. The predicted octanol–water partition coefficient (Wildman–Crippen LogP) is 9.64. The molecule has 0 aliphatic heterocycles. The van der Waals surface area contributed by atoms with Crippen molar-refractivity contribution >= 4 is 21.8 Å². The molecule has 0 radical (unpaired) electrons. The van der Waals surface area contributed by atoms with Crippen molar-refractivity contribution in [2.45, 2.75) is 47.0 Å². The minimum Gasteiger partial charge on any atom is -0.509 e. The van der Waals surface area contributed by atoms with Crippen LogP contribution in [-0.4, -0.2) is 19.3 Å². The van der Waals surface area contributed by atoms with E-state index in [-0.39, 0.29) is 26.5 Å². The third kappa shape index (κ3) is 5.62. The Bertz CT molecular complexity index is 2230. The van der Waals surface area contributed by atoms with E-state index in [0.29, 0.717) is 17.5 Å². The molecule has 0 unspecified atom stereocenters. The largest absolute Gasteiger partial charge is 2.00 e. The van der Waals surface area contributed by atoms with Gasteiger partial charge in [0.05, 0.1) is 7.06 Å². The standard InChI is InChI=1S/C39H34N4O.Pt/c1-25-20-30(43-27(3)38(26(2)41-43)28-12-8-7-9-13-28)23-32(21-25)44-31-16-17-34-33-14-10-11-15-35(33)42(36(34)24-31)37-22-29(18-19-40-37)39(4,5)6;/h7-22H,1-6H3;/q-2;+2/i10D;. The van der Waals surface area contributed by atoms with Gasteiger partial charge >= 0.3 is 21.1 Å². The number of nitrogens with zero attached hydrogens (tertiary/aromatic N) is 4. The molecule has 3 heterocycles. The van der Waals surface area contributed by atoms with Crippen molar-refractivity contribution in [2.24, 2.45) is 0 Å². The van der Waals surface area contributed by atoms with Crippen LogP contribution in [0.25, 0.3) is 44.4 Å². The first-order chi connectivity index (χ1) is 21.6. The zero-order valence-electron chi connectivity index (χ0n) is 27.2. The van der Waals surface area contributed by atoms with E-state index in [1.807, 2.05) is 79.3 Å². The van der Waals surface area contributed by atoms with Crippen LogP contribution in [0.15, 0.2) is 97.2 Å². The quantitative estimate of drug-likeness (QED) is 0.164. The van der Waals surface area contributed by atoms with Gasteiger partial charge in [-0.3, -0.25) is 4.68 Å². The van der Waals surface area contributed by atoms with E-state index < -0.39 is 0 Å².